The molecule has 0 amide bonds. The van der Waals surface area contributed by atoms with Crippen molar-refractivity contribution in [2.75, 3.05) is 5.43 Å². The molecule has 22 heavy (non-hydrogen) atoms. The van der Waals surface area contributed by atoms with Crippen LogP contribution in [-0.2, 0) is 0 Å². The van der Waals surface area contributed by atoms with Crippen LogP contribution in [0.4, 0.5) is 5.69 Å². The van der Waals surface area contributed by atoms with Gasteiger partial charge >= 0.3 is 0 Å². The lowest BCUT2D eigenvalue weighted by Gasteiger charge is -2.05. The van der Waals surface area contributed by atoms with E-state index in [1.54, 1.807) is 30.5 Å². The van der Waals surface area contributed by atoms with Gasteiger partial charge in [-0.25, -0.2) is 0 Å². The molecule has 1 heterocycles. The second kappa shape index (κ2) is 6.22. The monoisotopic (exact) mass is 331 g/mol. The smallest absolute Gasteiger partial charge is 0.124 e. The van der Waals surface area contributed by atoms with Gasteiger partial charge in [0.25, 0.3) is 0 Å². The van der Waals surface area contributed by atoms with Crippen LogP contribution in [0.5, 0.6) is 5.75 Å². The van der Waals surface area contributed by atoms with E-state index in [2.05, 4.69) is 15.5 Å². The Bertz CT molecular complexity index is 865. The number of phenols is 1. The van der Waals surface area contributed by atoms with E-state index in [-0.39, 0.29) is 5.75 Å². The van der Waals surface area contributed by atoms with Crippen molar-refractivity contribution in [3.8, 4) is 5.75 Å². The number of nitrogens with zero attached hydrogens (tertiary/aromatic N) is 2. The third-order valence-corrected chi connectivity index (χ3v) is 3.55. The number of hydrogen-bond acceptors (Lipinski definition) is 4. The zero-order chi connectivity index (χ0) is 15.5. The van der Waals surface area contributed by atoms with Crippen molar-refractivity contribution >= 4 is 46.0 Å². The first-order valence-corrected chi connectivity index (χ1v) is 7.21. The fraction of sp³-hybridized carbons (Fsp3) is 0. The van der Waals surface area contributed by atoms with Crippen LogP contribution in [0.25, 0.3) is 10.9 Å². The first-order valence-electron chi connectivity index (χ1n) is 6.45. The molecular formula is C16H11Cl2N3O. The summed E-state index contributed by atoms with van der Waals surface area (Å²) in [6.45, 7) is 0. The quantitative estimate of drug-likeness (QED) is 0.540. The molecular weight excluding hydrogens is 321 g/mol. The van der Waals surface area contributed by atoms with E-state index in [4.69, 9.17) is 23.2 Å². The minimum absolute atomic E-state index is 0.112. The highest BCUT2D eigenvalue weighted by molar-refractivity contribution is 6.31. The minimum atomic E-state index is 0.112. The molecule has 2 N–H and O–H groups in total. The standard InChI is InChI=1S/C16H11Cl2N3O/c17-11-2-4-16(22)10(7-11)9-20-21-14-5-6-19-15-8-12(18)1-3-13(14)15/h1-9,22H,(H,19,21)/b20-9+. The molecule has 3 aromatic rings. The first kappa shape index (κ1) is 14.6. The Balaban J connectivity index is 1.88. The van der Waals surface area contributed by atoms with E-state index in [1.807, 2.05) is 12.1 Å². The van der Waals surface area contributed by atoms with Gasteiger partial charge in [-0.1, -0.05) is 23.2 Å². The fourth-order valence-electron chi connectivity index (χ4n) is 2.02. The van der Waals surface area contributed by atoms with E-state index >= 15 is 0 Å². The number of nitrogens with one attached hydrogen (secondary N) is 1. The molecule has 0 saturated carbocycles. The van der Waals surface area contributed by atoms with Gasteiger partial charge in [-0.3, -0.25) is 10.4 Å². The maximum Gasteiger partial charge on any atom is 0.124 e. The molecule has 2 aromatic carbocycles. The molecule has 3 rings (SSSR count). The number of aromatic nitrogens is 1. The number of phenolic OH excluding ortho intramolecular Hbond substituents is 1. The molecule has 0 bridgehead atoms. The zero-order valence-corrected chi connectivity index (χ0v) is 12.8. The fourth-order valence-corrected chi connectivity index (χ4v) is 2.37. The Hall–Kier alpha value is -2.30. The summed E-state index contributed by atoms with van der Waals surface area (Å²) in [6, 6.07) is 12.0. The van der Waals surface area contributed by atoms with E-state index in [0.717, 1.165) is 16.6 Å². The zero-order valence-electron chi connectivity index (χ0n) is 11.3. The highest BCUT2D eigenvalue weighted by Crippen LogP contribution is 2.24. The van der Waals surface area contributed by atoms with Gasteiger partial charge in [0, 0.05) is 27.2 Å². The number of benzene rings is 2. The van der Waals surface area contributed by atoms with Crippen LogP contribution in [0.1, 0.15) is 5.56 Å². The molecule has 0 unspecified atom stereocenters. The molecule has 6 heteroatoms. The topological polar surface area (TPSA) is 57.5 Å². The lowest BCUT2D eigenvalue weighted by Crippen LogP contribution is -1.93. The highest BCUT2D eigenvalue weighted by atomic mass is 35.5. The van der Waals surface area contributed by atoms with Crippen LogP contribution >= 0.6 is 23.2 Å². The number of hydrazone groups is 1. The molecule has 4 nitrogen and oxygen atoms in total. The average Bonchev–Trinajstić information content (AvgIpc) is 2.50. The number of rotatable bonds is 3. The van der Waals surface area contributed by atoms with Crippen molar-refractivity contribution in [2.45, 2.75) is 0 Å². The molecule has 0 atom stereocenters. The predicted molar refractivity (Wildman–Crippen MR) is 91.1 cm³/mol. The van der Waals surface area contributed by atoms with Gasteiger partial charge in [-0.2, -0.15) is 5.10 Å². The molecule has 0 spiro atoms. The maximum atomic E-state index is 9.73. The maximum absolute atomic E-state index is 9.73. The van der Waals surface area contributed by atoms with Crippen molar-refractivity contribution in [3.05, 3.63) is 64.3 Å². The average molecular weight is 332 g/mol. The number of aromatic hydroxyl groups is 1. The summed E-state index contributed by atoms with van der Waals surface area (Å²) in [6.07, 6.45) is 3.18. The van der Waals surface area contributed by atoms with Gasteiger partial charge < -0.3 is 5.11 Å². The van der Waals surface area contributed by atoms with Crippen molar-refractivity contribution in [1.29, 1.82) is 0 Å². The van der Waals surface area contributed by atoms with Crippen LogP contribution in [0.2, 0.25) is 10.0 Å². The van der Waals surface area contributed by atoms with E-state index in [0.29, 0.717) is 15.6 Å². The number of halogens is 2. The Morgan fingerprint density at radius 3 is 2.68 bits per heavy atom. The summed E-state index contributed by atoms with van der Waals surface area (Å²) in [5.41, 5.74) is 5.03. The SMILES string of the molecule is Oc1ccc(Cl)cc1/C=N/Nc1ccnc2cc(Cl)ccc12. The molecule has 0 radical (unpaired) electrons. The van der Waals surface area contributed by atoms with E-state index in [1.165, 1.54) is 12.3 Å². The van der Waals surface area contributed by atoms with Gasteiger partial charge in [0.15, 0.2) is 0 Å². The number of fused-ring (bicyclic) bond motifs is 1. The van der Waals surface area contributed by atoms with Crippen molar-refractivity contribution in [1.82, 2.24) is 4.98 Å². The van der Waals surface area contributed by atoms with Gasteiger partial charge in [0.05, 0.1) is 17.4 Å². The second-order valence-electron chi connectivity index (χ2n) is 4.59. The van der Waals surface area contributed by atoms with Gasteiger partial charge in [-0.05, 0) is 42.5 Å². The number of anilines is 1. The van der Waals surface area contributed by atoms with Crippen LogP contribution in [0, 0.1) is 0 Å². The lowest BCUT2D eigenvalue weighted by molar-refractivity contribution is 0.474. The Morgan fingerprint density at radius 2 is 1.82 bits per heavy atom. The highest BCUT2D eigenvalue weighted by Gasteiger charge is 2.02. The summed E-state index contributed by atoms with van der Waals surface area (Å²) in [5.74, 6) is 0.112. The predicted octanol–water partition coefficient (Wildman–Crippen LogP) is 4.69. The van der Waals surface area contributed by atoms with E-state index < -0.39 is 0 Å². The molecule has 0 fully saturated rings. The summed E-state index contributed by atoms with van der Waals surface area (Å²) < 4.78 is 0. The molecule has 0 saturated heterocycles. The summed E-state index contributed by atoms with van der Waals surface area (Å²) in [4.78, 5) is 4.26. The van der Waals surface area contributed by atoms with E-state index in [9.17, 15) is 5.11 Å². The van der Waals surface area contributed by atoms with Crippen LogP contribution in [-0.4, -0.2) is 16.3 Å². The summed E-state index contributed by atoms with van der Waals surface area (Å²) in [5, 5.41) is 15.9. The minimum Gasteiger partial charge on any atom is -0.507 e. The Kier molecular flexibility index (Phi) is 4.13. The molecule has 0 aliphatic rings. The Morgan fingerprint density at radius 1 is 1.05 bits per heavy atom. The molecule has 1 aromatic heterocycles. The summed E-state index contributed by atoms with van der Waals surface area (Å²) in [7, 11) is 0. The molecule has 0 aliphatic heterocycles. The first-order chi connectivity index (χ1) is 10.6. The lowest BCUT2D eigenvalue weighted by atomic mass is 10.2. The van der Waals surface area contributed by atoms with Crippen molar-refractivity contribution < 1.29 is 5.11 Å². The van der Waals surface area contributed by atoms with Crippen LogP contribution < -0.4 is 5.43 Å². The third kappa shape index (κ3) is 3.13. The number of pyridine rings is 1. The largest absolute Gasteiger partial charge is 0.507 e. The number of hydrogen-bond donors (Lipinski definition) is 2. The third-order valence-electron chi connectivity index (χ3n) is 3.08. The van der Waals surface area contributed by atoms with Gasteiger partial charge in [0.2, 0.25) is 0 Å². The molecule has 0 aliphatic carbocycles. The van der Waals surface area contributed by atoms with Crippen LogP contribution in [0.15, 0.2) is 53.8 Å². The van der Waals surface area contributed by atoms with Crippen molar-refractivity contribution in [3.63, 3.8) is 0 Å². The Labute approximate surface area is 137 Å². The normalized spacial score (nSPS) is 11.2. The van der Waals surface area contributed by atoms with Crippen molar-refractivity contribution in [2.24, 2.45) is 5.10 Å². The summed E-state index contributed by atoms with van der Waals surface area (Å²) >= 11 is 11.8. The van der Waals surface area contributed by atoms with Gasteiger partial charge in [0.1, 0.15) is 5.75 Å². The second-order valence-corrected chi connectivity index (χ2v) is 5.47. The molecule has 110 valence electrons. The van der Waals surface area contributed by atoms with Gasteiger partial charge in [-0.15, -0.1) is 0 Å². The van der Waals surface area contributed by atoms with Crippen LogP contribution in [0.3, 0.4) is 0 Å².